The maximum atomic E-state index is 12.1. The summed E-state index contributed by atoms with van der Waals surface area (Å²) < 4.78 is 6.45. The van der Waals surface area contributed by atoms with Crippen LogP contribution in [-0.2, 0) is 4.79 Å². The van der Waals surface area contributed by atoms with Crippen molar-refractivity contribution in [3.8, 4) is 5.75 Å². The fourth-order valence-corrected chi connectivity index (χ4v) is 2.77. The number of likely N-dealkylation sites (N-methyl/N-ethyl adjacent to an activating group) is 1. The van der Waals surface area contributed by atoms with Crippen LogP contribution in [0.25, 0.3) is 0 Å². The third-order valence-corrected chi connectivity index (χ3v) is 4.29. The fraction of sp³-hybridized carbons (Fsp3) is 0.533. The average molecular weight is 342 g/mol. The van der Waals surface area contributed by atoms with Crippen molar-refractivity contribution in [1.82, 2.24) is 4.90 Å². The van der Waals surface area contributed by atoms with Crippen molar-refractivity contribution in [3.05, 3.63) is 28.7 Å². The zero-order chi connectivity index (χ0) is 14.5. The molecule has 0 saturated heterocycles. The number of benzene rings is 1. The van der Waals surface area contributed by atoms with Gasteiger partial charge in [-0.15, -0.1) is 0 Å². The second-order valence-electron chi connectivity index (χ2n) is 5.17. The quantitative estimate of drug-likeness (QED) is 0.915. The van der Waals surface area contributed by atoms with E-state index in [2.05, 4.69) is 15.9 Å². The summed E-state index contributed by atoms with van der Waals surface area (Å²) in [5.74, 6) is 0.568. The maximum absolute atomic E-state index is 12.1. The molecule has 0 spiro atoms. The number of aliphatic hydroxyl groups is 1. The third-order valence-electron chi connectivity index (χ3n) is 3.76. The monoisotopic (exact) mass is 341 g/mol. The van der Waals surface area contributed by atoms with Crippen molar-refractivity contribution in [2.45, 2.75) is 37.8 Å². The number of halogens is 1. The Morgan fingerprint density at radius 1 is 1.35 bits per heavy atom. The fourth-order valence-electron chi connectivity index (χ4n) is 2.51. The van der Waals surface area contributed by atoms with Crippen molar-refractivity contribution in [3.63, 3.8) is 0 Å². The number of aliphatic hydroxyl groups excluding tert-OH is 1. The van der Waals surface area contributed by atoms with E-state index >= 15 is 0 Å². The Morgan fingerprint density at radius 2 is 2.00 bits per heavy atom. The van der Waals surface area contributed by atoms with Crippen molar-refractivity contribution in [2.75, 3.05) is 13.7 Å². The van der Waals surface area contributed by atoms with Crippen LogP contribution >= 0.6 is 15.9 Å². The predicted molar refractivity (Wildman–Crippen MR) is 80.7 cm³/mol. The van der Waals surface area contributed by atoms with Crippen LogP contribution in [0.3, 0.4) is 0 Å². The first-order valence-corrected chi connectivity index (χ1v) is 7.69. The summed E-state index contributed by atoms with van der Waals surface area (Å²) in [6.07, 6.45) is 3.32. The van der Waals surface area contributed by atoms with Gasteiger partial charge in [-0.05, 0) is 37.1 Å². The van der Waals surface area contributed by atoms with Crippen molar-refractivity contribution in [1.29, 1.82) is 0 Å². The Labute approximate surface area is 127 Å². The lowest BCUT2D eigenvalue weighted by Gasteiger charge is -2.35. The number of nitrogens with zero attached hydrogens (tertiary/aromatic N) is 1. The van der Waals surface area contributed by atoms with E-state index in [4.69, 9.17) is 4.74 Å². The van der Waals surface area contributed by atoms with Crippen LogP contribution in [-0.4, -0.2) is 41.7 Å². The first kappa shape index (κ1) is 15.3. The molecule has 0 bridgehead atoms. The van der Waals surface area contributed by atoms with Gasteiger partial charge in [-0.3, -0.25) is 4.79 Å². The maximum Gasteiger partial charge on any atom is 0.260 e. The standard InChI is InChI=1S/C15H20BrNO3/c1-17(13-4-2-3-5-14(13)18)15(19)10-20-12-8-6-11(16)7-9-12/h6-9,13-14,18H,2-5,10H2,1H3. The minimum absolute atomic E-state index is 0.00134. The van der Waals surface area contributed by atoms with E-state index in [1.54, 1.807) is 11.9 Å². The molecule has 0 aliphatic heterocycles. The molecular formula is C15H20BrNO3. The Kier molecular flexibility index (Phi) is 5.43. The molecule has 2 unspecified atom stereocenters. The van der Waals surface area contributed by atoms with Gasteiger partial charge in [-0.25, -0.2) is 0 Å². The minimum atomic E-state index is -0.412. The van der Waals surface area contributed by atoms with Crippen LogP contribution in [0.4, 0.5) is 0 Å². The van der Waals surface area contributed by atoms with Crippen molar-refractivity contribution >= 4 is 21.8 Å². The molecule has 1 aliphatic carbocycles. The van der Waals surface area contributed by atoms with E-state index < -0.39 is 6.10 Å². The molecule has 1 aromatic carbocycles. The molecule has 5 heteroatoms. The average Bonchev–Trinajstić information content (AvgIpc) is 2.46. The predicted octanol–water partition coefficient (Wildman–Crippen LogP) is 2.59. The normalized spacial score (nSPS) is 22.4. The summed E-state index contributed by atoms with van der Waals surface area (Å²) in [5.41, 5.74) is 0. The number of carbonyl (C=O) groups excluding carboxylic acids is 1. The van der Waals surface area contributed by atoms with Crippen molar-refractivity contribution in [2.24, 2.45) is 0 Å². The van der Waals surface area contributed by atoms with E-state index in [1.807, 2.05) is 24.3 Å². The van der Waals surface area contributed by atoms with Gasteiger partial charge in [-0.2, -0.15) is 0 Å². The molecule has 20 heavy (non-hydrogen) atoms. The van der Waals surface area contributed by atoms with E-state index in [0.29, 0.717) is 5.75 Å². The van der Waals surface area contributed by atoms with Gasteiger partial charge in [0.1, 0.15) is 5.75 Å². The minimum Gasteiger partial charge on any atom is -0.484 e. The van der Waals surface area contributed by atoms with Gasteiger partial charge in [0.15, 0.2) is 6.61 Å². The van der Waals surface area contributed by atoms with Gasteiger partial charge < -0.3 is 14.7 Å². The zero-order valence-electron chi connectivity index (χ0n) is 11.6. The number of hydrogen-bond donors (Lipinski definition) is 1. The smallest absolute Gasteiger partial charge is 0.260 e. The Hall–Kier alpha value is -1.07. The lowest BCUT2D eigenvalue weighted by molar-refractivity contribution is -0.137. The Morgan fingerprint density at radius 3 is 2.65 bits per heavy atom. The number of rotatable bonds is 4. The topological polar surface area (TPSA) is 49.8 Å². The molecule has 0 radical (unpaired) electrons. The summed E-state index contributed by atoms with van der Waals surface area (Å²) in [7, 11) is 1.74. The van der Waals surface area contributed by atoms with Crippen LogP contribution in [0.1, 0.15) is 25.7 Å². The van der Waals surface area contributed by atoms with Crippen LogP contribution in [0.5, 0.6) is 5.75 Å². The van der Waals surface area contributed by atoms with Crippen LogP contribution < -0.4 is 4.74 Å². The summed E-state index contributed by atoms with van der Waals surface area (Å²) in [6.45, 7) is 0.00134. The molecular weight excluding hydrogens is 322 g/mol. The van der Waals surface area contributed by atoms with Gasteiger partial charge in [0, 0.05) is 11.5 Å². The largest absolute Gasteiger partial charge is 0.484 e. The number of ether oxygens (including phenoxy) is 1. The summed E-state index contributed by atoms with van der Waals surface area (Å²) in [6, 6.07) is 7.28. The molecule has 0 aromatic heterocycles. The lowest BCUT2D eigenvalue weighted by atomic mass is 9.91. The molecule has 2 rings (SSSR count). The molecule has 1 aliphatic rings. The molecule has 1 N–H and O–H groups in total. The molecule has 110 valence electrons. The summed E-state index contributed by atoms with van der Waals surface area (Å²) in [4.78, 5) is 13.7. The van der Waals surface area contributed by atoms with Gasteiger partial charge in [0.05, 0.1) is 12.1 Å². The van der Waals surface area contributed by atoms with Crippen LogP contribution in [0, 0.1) is 0 Å². The molecule has 1 aromatic rings. The van der Waals surface area contributed by atoms with Gasteiger partial charge in [0.2, 0.25) is 0 Å². The second-order valence-corrected chi connectivity index (χ2v) is 6.08. The van der Waals surface area contributed by atoms with Gasteiger partial charge >= 0.3 is 0 Å². The molecule has 4 nitrogen and oxygen atoms in total. The highest BCUT2D eigenvalue weighted by Gasteiger charge is 2.29. The molecule has 1 amide bonds. The second kappa shape index (κ2) is 7.09. The first-order chi connectivity index (χ1) is 9.58. The zero-order valence-corrected chi connectivity index (χ0v) is 13.2. The Balaban J connectivity index is 1.86. The SMILES string of the molecule is CN(C(=O)COc1ccc(Br)cc1)C1CCCCC1O. The summed E-state index contributed by atoms with van der Waals surface area (Å²) >= 11 is 3.35. The number of carbonyl (C=O) groups is 1. The molecule has 1 saturated carbocycles. The van der Waals surface area contributed by atoms with Crippen molar-refractivity contribution < 1.29 is 14.6 Å². The third kappa shape index (κ3) is 3.96. The molecule has 1 fully saturated rings. The highest BCUT2D eigenvalue weighted by Crippen LogP contribution is 2.22. The van der Waals surface area contributed by atoms with E-state index in [-0.39, 0.29) is 18.6 Å². The number of hydrogen-bond acceptors (Lipinski definition) is 3. The summed E-state index contributed by atoms with van der Waals surface area (Å²) in [5, 5.41) is 9.96. The van der Waals surface area contributed by atoms with Crippen LogP contribution in [0.2, 0.25) is 0 Å². The Bertz CT molecular complexity index is 449. The lowest BCUT2D eigenvalue weighted by Crippen LogP contribution is -2.47. The van der Waals surface area contributed by atoms with Gasteiger partial charge in [0.25, 0.3) is 5.91 Å². The number of amides is 1. The first-order valence-electron chi connectivity index (χ1n) is 6.90. The highest BCUT2D eigenvalue weighted by molar-refractivity contribution is 9.10. The highest BCUT2D eigenvalue weighted by atomic mass is 79.9. The van der Waals surface area contributed by atoms with E-state index in [9.17, 15) is 9.90 Å². The van der Waals surface area contributed by atoms with Crippen LogP contribution in [0.15, 0.2) is 28.7 Å². The molecule has 0 heterocycles. The van der Waals surface area contributed by atoms with E-state index in [0.717, 1.165) is 30.2 Å². The van der Waals surface area contributed by atoms with Gasteiger partial charge in [-0.1, -0.05) is 28.8 Å². The van der Waals surface area contributed by atoms with E-state index in [1.165, 1.54) is 0 Å². The molecule has 2 atom stereocenters.